The van der Waals surface area contributed by atoms with E-state index in [0.29, 0.717) is 6.54 Å². The van der Waals surface area contributed by atoms with Gasteiger partial charge in [-0.05, 0) is 68.4 Å². The van der Waals surface area contributed by atoms with Crippen LogP contribution in [-0.4, -0.2) is 10.5 Å². The van der Waals surface area contributed by atoms with Crippen LogP contribution in [0.15, 0.2) is 42.0 Å². The van der Waals surface area contributed by atoms with Gasteiger partial charge in [-0.15, -0.1) is 11.3 Å². The highest BCUT2D eigenvalue weighted by molar-refractivity contribution is 7.15. The Morgan fingerprint density at radius 2 is 1.94 bits per heavy atom. The summed E-state index contributed by atoms with van der Waals surface area (Å²) in [4.78, 5) is 13.9. The summed E-state index contributed by atoms with van der Waals surface area (Å²) < 4.78 is 2.09. The van der Waals surface area contributed by atoms with Crippen molar-refractivity contribution in [1.29, 1.82) is 10.5 Å². The van der Waals surface area contributed by atoms with Crippen LogP contribution in [0.4, 0.5) is 0 Å². The number of aromatic nitrogens is 1. The molecular formula is C26H24N4OS. The smallest absolute Gasteiger partial charge is 0.262 e. The topological polar surface area (TPSA) is 81.6 Å². The second kappa shape index (κ2) is 9.26. The Bertz CT molecular complexity index is 1280. The van der Waals surface area contributed by atoms with Crippen LogP contribution in [0.5, 0.6) is 0 Å². The summed E-state index contributed by atoms with van der Waals surface area (Å²) in [6.07, 6.45) is 5.92. The lowest BCUT2D eigenvalue weighted by Crippen LogP contribution is -2.23. The first-order valence-corrected chi connectivity index (χ1v) is 11.5. The van der Waals surface area contributed by atoms with Crippen LogP contribution in [0.3, 0.4) is 0 Å². The lowest BCUT2D eigenvalue weighted by Gasteiger charge is -2.10. The highest BCUT2D eigenvalue weighted by Crippen LogP contribution is 2.38. The summed E-state index contributed by atoms with van der Waals surface area (Å²) in [7, 11) is 0. The van der Waals surface area contributed by atoms with E-state index in [9.17, 15) is 15.3 Å². The van der Waals surface area contributed by atoms with Crippen LogP contribution >= 0.6 is 11.3 Å². The van der Waals surface area contributed by atoms with E-state index in [4.69, 9.17) is 0 Å². The van der Waals surface area contributed by atoms with Crippen molar-refractivity contribution in [3.05, 3.63) is 80.5 Å². The molecule has 2 aromatic heterocycles. The number of benzene rings is 1. The number of thiophene rings is 1. The number of nitrogens with one attached hydrogen (secondary N) is 1. The molecule has 1 aliphatic carbocycles. The number of nitrogens with zero attached hydrogens (tertiary/aromatic N) is 3. The van der Waals surface area contributed by atoms with E-state index in [1.54, 1.807) is 17.4 Å². The molecule has 0 spiro atoms. The first kappa shape index (κ1) is 21.6. The Hall–Kier alpha value is -3.61. The summed E-state index contributed by atoms with van der Waals surface area (Å²) in [6.45, 7) is 4.32. The van der Waals surface area contributed by atoms with Gasteiger partial charge in [-0.3, -0.25) is 4.79 Å². The van der Waals surface area contributed by atoms with E-state index < -0.39 is 5.91 Å². The maximum absolute atomic E-state index is 12.6. The molecule has 1 amide bonds. The molecule has 0 aliphatic heterocycles. The van der Waals surface area contributed by atoms with Gasteiger partial charge in [0.15, 0.2) is 0 Å². The number of hydrogen-bond donors (Lipinski definition) is 1. The summed E-state index contributed by atoms with van der Waals surface area (Å²) in [5, 5.41) is 23.2. The van der Waals surface area contributed by atoms with E-state index in [-0.39, 0.29) is 5.57 Å². The lowest BCUT2D eigenvalue weighted by atomic mass is 9.96. The first-order valence-electron chi connectivity index (χ1n) is 10.7. The van der Waals surface area contributed by atoms with Crippen LogP contribution in [0.25, 0.3) is 11.1 Å². The van der Waals surface area contributed by atoms with Crippen LogP contribution in [0.2, 0.25) is 0 Å². The third kappa shape index (κ3) is 4.10. The Labute approximate surface area is 192 Å². The van der Waals surface area contributed by atoms with Gasteiger partial charge in [0.05, 0.1) is 5.56 Å². The fourth-order valence-electron chi connectivity index (χ4n) is 4.25. The van der Waals surface area contributed by atoms with E-state index in [0.717, 1.165) is 52.3 Å². The number of carbonyl (C=O) groups excluding carboxylic acids is 1. The van der Waals surface area contributed by atoms with Crippen LogP contribution < -0.4 is 5.32 Å². The molecule has 0 bridgehead atoms. The SMILES string of the molecule is Cc1cc(C=C(C#N)C(=O)NCc2ccccc2)c(C)n1-c1sc2c(c1C#N)CCCC2. The summed E-state index contributed by atoms with van der Waals surface area (Å²) in [6, 6.07) is 16.0. The van der Waals surface area contributed by atoms with Crippen LogP contribution in [0.1, 0.15) is 51.4 Å². The highest BCUT2D eigenvalue weighted by atomic mass is 32.1. The minimum atomic E-state index is -0.398. The molecule has 0 atom stereocenters. The molecule has 6 heteroatoms. The summed E-state index contributed by atoms with van der Waals surface area (Å²) in [5.41, 5.74) is 5.70. The van der Waals surface area contributed by atoms with Crippen LogP contribution in [-0.2, 0) is 24.2 Å². The predicted octanol–water partition coefficient (Wildman–Crippen LogP) is 5.13. The van der Waals surface area contributed by atoms with Crippen molar-refractivity contribution >= 4 is 23.3 Å². The number of aryl methyl sites for hydroxylation is 2. The Morgan fingerprint density at radius 3 is 2.66 bits per heavy atom. The molecule has 3 aromatic rings. The fourth-order valence-corrected chi connectivity index (χ4v) is 5.70. The quantitative estimate of drug-likeness (QED) is 0.441. The lowest BCUT2D eigenvalue weighted by molar-refractivity contribution is -0.117. The second-order valence-electron chi connectivity index (χ2n) is 8.00. The molecule has 0 unspecified atom stereocenters. The van der Waals surface area contributed by atoms with Crippen molar-refractivity contribution in [2.45, 2.75) is 46.1 Å². The van der Waals surface area contributed by atoms with Gasteiger partial charge in [-0.1, -0.05) is 30.3 Å². The molecule has 2 heterocycles. The van der Waals surface area contributed by atoms with Gasteiger partial charge >= 0.3 is 0 Å². The molecule has 32 heavy (non-hydrogen) atoms. The third-order valence-corrected chi connectivity index (χ3v) is 7.18. The van der Waals surface area contributed by atoms with Crippen molar-refractivity contribution in [1.82, 2.24) is 9.88 Å². The van der Waals surface area contributed by atoms with Crippen molar-refractivity contribution in [2.75, 3.05) is 0 Å². The number of carbonyl (C=O) groups is 1. The molecule has 1 aliphatic rings. The van der Waals surface area contributed by atoms with Gasteiger partial charge < -0.3 is 9.88 Å². The molecule has 1 N–H and O–H groups in total. The van der Waals surface area contributed by atoms with E-state index in [1.165, 1.54) is 16.9 Å². The van der Waals surface area contributed by atoms with Crippen molar-refractivity contribution in [3.8, 4) is 17.1 Å². The number of fused-ring (bicyclic) bond motifs is 1. The average molecular weight is 441 g/mol. The molecule has 160 valence electrons. The molecule has 0 fully saturated rings. The van der Waals surface area contributed by atoms with E-state index in [1.807, 2.05) is 56.3 Å². The maximum atomic E-state index is 12.6. The van der Waals surface area contributed by atoms with Gasteiger partial charge in [0.25, 0.3) is 5.91 Å². The van der Waals surface area contributed by atoms with Gasteiger partial charge in [-0.25, -0.2) is 0 Å². The fraction of sp³-hybridized carbons (Fsp3) is 0.269. The van der Waals surface area contributed by atoms with Gasteiger partial charge in [-0.2, -0.15) is 10.5 Å². The van der Waals surface area contributed by atoms with E-state index in [2.05, 4.69) is 16.0 Å². The maximum Gasteiger partial charge on any atom is 0.262 e. The van der Waals surface area contributed by atoms with Crippen molar-refractivity contribution in [3.63, 3.8) is 0 Å². The molecule has 0 saturated heterocycles. The van der Waals surface area contributed by atoms with Gasteiger partial charge in [0, 0.05) is 22.8 Å². The molecule has 0 saturated carbocycles. The van der Waals surface area contributed by atoms with Crippen LogP contribution in [0, 0.1) is 36.5 Å². The second-order valence-corrected chi connectivity index (χ2v) is 9.09. The van der Waals surface area contributed by atoms with E-state index >= 15 is 0 Å². The Kier molecular flexibility index (Phi) is 6.25. The Balaban J connectivity index is 1.65. The third-order valence-electron chi connectivity index (χ3n) is 5.90. The Morgan fingerprint density at radius 1 is 1.19 bits per heavy atom. The summed E-state index contributed by atoms with van der Waals surface area (Å²) in [5.74, 6) is -0.398. The number of hydrogen-bond acceptors (Lipinski definition) is 4. The zero-order valence-electron chi connectivity index (χ0n) is 18.2. The normalized spacial score (nSPS) is 13.2. The minimum Gasteiger partial charge on any atom is -0.347 e. The predicted molar refractivity (Wildman–Crippen MR) is 126 cm³/mol. The number of amides is 1. The average Bonchev–Trinajstić information content (AvgIpc) is 3.31. The largest absolute Gasteiger partial charge is 0.347 e. The highest BCUT2D eigenvalue weighted by Gasteiger charge is 2.24. The molecule has 4 rings (SSSR count). The zero-order valence-corrected chi connectivity index (χ0v) is 19.1. The standard InChI is InChI=1S/C26H24N4OS/c1-17-12-20(13-21(14-27)25(31)29-16-19-8-4-3-5-9-19)18(2)30(17)26-23(15-28)22-10-6-7-11-24(22)32-26/h3-5,8-9,12-13H,6-7,10-11,16H2,1-2H3,(H,29,31). The molecular weight excluding hydrogens is 416 g/mol. The van der Waals surface area contributed by atoms with Gasteiger partial charge in [0.1, 0.15) is 22.7 Å². The first-order chi connectivity index (χ1) is 15.5. The van der Waals surface area contributed by atoms with Gasteiger partial charge in [0.2, 0.25) is 0 Å². The van der Waals surface area contributed by atoms with Crippen molar-refractivity contribution in [2.24, 2.45) is 0 Å². The van der Waals surface area contributed by atoms with Crippen molar-refractivity contribution < 1.29 is 4.79 Å². The number of nitriles is 2. The minimum absolute atomic E-state index is 0.0622. The molecule has 1 aromatic carbocycles. The zero-order chi connectivity index (χ0) is 22.7. The molecule has 0 radical (unpaired) electrons. The molecule has 5 nitrogen and oxygen atoms in total. The number of rotatable bonds is 5. The summed E-state index contributed by atoms with van der Waals surface area (Å²) >= 11 is 1.69. The monoisotopic (exact) mass is 440 g/mol.